The zero-order chi connectivity index (χ0) is 47.9. The first-order valence-corrected chi connectivity index (χ1v) is 25.4. The molecule has 18 aromatic rings. The molecule has 0 aliphatic heterocycles. The molecule has 340 valence electrons. The van der Waals surface area contributed by atoms with Crippen LogP contribution in [0, 0.1) is 0 Å². The Balaban J connectivity index is 0.929. The molecule has 18 rings (SSSR count). The fraction of sp³-hybridized carbons (Fsp3) is 0. The summed E-state index contributed by atoms with van der Waals surface area (Å²) in [6.07, 6.45) is 0. The number of aromatic nitrogens is 6. The Kier molecular flexibility index (Phi) is 7.26. The normalized spacial score (nSPS) is 12.6. The molecule has 0 unspecified atom stereocenters. The quantitative estimate of drug-likeness (QED) is 0.176. The number of nitrogens with zero attached hydrogens (tertiary/aromatic N) is 6. The molecule has 7 heterocycles. The van der Waals surface area contributed by atoms with Gasteiger partial charge in [0.05, 0.1) is 44.1 Å². The summed E-state index contributed by atoms with van der Waals surface area (Å²) in [6, 6.07) is 84.4. The number of para-hydroxylation sites is 7. The van der Waals surface area contributed by atoms with E-state index in [4.69, 9.17) is 9.97 Å². The Morgan fingerprint density at radius 2 is 0.716 bits per heavy atom. The summed E-state index contributed by atoms with van der Waals surface area (Å²) < 4.78 is 9.64. The maximum absolute atomic E-state index is 5.87. The lowest BCUT2D eigenvalue weighted by Gasteiger charge is -2.10. The van der Waals surface area contributed by atoms with Crippen LogP contribution in [0.5, 0.6) is 0 Å². The van der Waals surface area contributed by atoms with Gasteiger partial charge in [0.2, 0.25) is 0 Å². The Hall–Kier alpha value is -10.0. The van der Waals surface area contributed by atoms with Crippen molar-refractivity contribution in [1.29, 1.82) is 0 Å². The van der Waals surface area contributed by atoms with Gasteiger partial charge in [0.15, 0.2) is 11.3 Å². The highest BCUT2D eigenvalue weighted by atomic mass is 15.1. The lowest BCUT2D eigenvalue weighted by atomic mass is 9.97. The van der Waals surface area contributed by atoms with Gasteiger partial charge in [-0.2, -0.15) is 0 Å². The van der Waals surface area contributed by atoms with Gasteiger partial charge >= 0.3 is 0 Å². The first kappa shape index (κ1) is 38.7. The van der Waals surface area contributed by atoms with Crippen LogP contribution in [0.15, 0.2) is 231 Å². The van der Waals surface area contributed by atoms with Crippen molar-refractivity contribution in [3.05, 3.63) is 231 Å². The van der Waals surface area contributed by atoms with Crippen LogP contribution in [0.1, 0.15) is 0 Å². The maximum atomic E-state index is 5.87. The Morgan fingerprint density at radius 1 is 0.270 bits per heavy atom. The summed E-state index contributed by atoms with van der Waals surface area (Å²) in [5, 5.41) is 14.4. The van der Waals surface area contributed by atoms with Crippen LogP contribution in [-0.4, -0.2) is 27.9 Å². The van der Waals surface area contributed by atoms with Gasteiger partial charge in [0, 0.05) is 76.4 Å². The third-order valence-electron chi connectivity index (χ3n) is 16.4. The predicted octanol–water partition coefficient (Wildman–Crippen LogP) is 17.5. The lowest BCUT2D eigenvalue weighted by molar-refractivity contribution is 1.18. The third-order valence-corrected chi connectivity index (χ3v) is 16.4. The molecular weight excluding hydrogens is 901 g/mol. The van der Waals surface area contributed by atoms with E-state index in [2.05, 4.69) is 248 Å². The van der Waals surface area contributed by atoms with Crippen LogP contribution < -0.4 is 0 Å². The molecule has 6 heteroatoms. The van der Waals surface area contributed by atoms with E-state index >= 15 is 0 Å². The van der Waals surface area contributed by atoms with Gasteiger partial charge in [-0.1, -0.05) is 164 Å². The molecule has 0 aliphatic carbocycles. The van der Waals surface area contributed by atoms with Gasteiger partial charge in [0.25, 0.3) is 0 Å². The van der Waals surface area contributed by atoms with Gasteiger partial charge < -0.3 is 9.13 Å². The second-order valence-corrected chi connectivity index (χ2v) is 20.1. The molecule has 0 aliphatic rings. The van der Waals surface area contributed by atoms with E-state index in [0.29, 0.717) is 0 Å². The van der Waals surface area contributed by atoms with Gasteiger partial charge in [-0.25, -0.2) is 9.97 Å². The number of hydrogen-bond acceptors (Lipinski definition) is 2. The molecule has 74 heavy (non-hydrogen) atoms. The first-order valence-electron chi connectivity index (χ1n) is 25.4. The second kappa shape index (κ2) is 13.9. The molecule has 7 aromatic heterocycles. The Morgan fingerprint density at radius 3 is 1.34 bits per heavy atom. The van der Waals surface area contributed by atoms with E-state index < -0.39 is 0 Å². The highest BCUT2D eigenvalue weighted by molar-refractivity contribution is 6.33. The van der Waals surface area contributed by atoms with Crippen molar-refractivity contribution in [2.45, 2.75) is 0 Å². The monoisotopic (exact) mass is 938 g/mol. The average molecular weight is 939 g/mol. The number of hydrogen-bond donors (Lipinski definition) is 0. The van der Waals surface area contributed by atoms with Crippen LogP contribution in [0.25, 0.3) is 165 Å². The summed E-state index contributed by atoms with van der Waals surface area (Å²) in [6.45, 7) is 0. The van der Waals surface area contributed by atoms with Crippen LogP contribution in [0.4, 0.5) is 0 Å². The summed E-state index contributed by atoms with van der Waals surface area (Å²) in [5.41, 5.74) is 19.9. The molecule has 0 N–H and O–H groups in total. The third kappa shape index (κ3) is 4.80. The zero-order valence-corrected chi connectivity index (χ0v) is 39.6. The van der Waals surface area contributed by atoms with Crippen LogP contribution in [0.2, 0.25) is 0 Å². The van der Waals surface area contributed by atoms with Gasteiger partial charge in [-0.3, -0.25) is 8.80 Å². The Bertz CT molecular complexity index is 5420. The molecule has 11 aromatic carbocycles. The van der Waals surface area contributed by atoms with Crippen molar-refractivity contribution >= 4 is 131 Å². The van der Waals surface area contributed by atoms with E-state index in [1.165, 1.54) is 75.9 Å². The van der Waals surface area contributed by atoms with Crippen molar-refractivity contribution in [2.24, 2.45) is 0 Å². The zero-order valence-electron chi connectivity index (χ0n) is 39.6. The predicted molar refractivity (Wildman–Crippen MR) is 308 cm³/mol. The molecule has 0 saturated heterocycles. The highest BCUT2D eigenvalue weighted by Crippen LogP contribution is 2.48. The van der Waals surface area contributed by atoms with E-state index in [9.17, 15) is 0 Å². The van der Waals surface area contributed by atoms with Crippen molar-refractivity contribution in [1.82, 2.24) is 27.9 Å². The molecule has 0 atom stereocenters. The lowest BCUT2D eigenvalue weighted by Crippen LogP contribution is -1.94. The number of rotatable bonds is 4. The number of fused-ring (bicyclic) bond motifs is 20. The summed E-state index contributed by atoms with van der Waals surface area (Å²) >= 11 is 0. The fourth-order valence-corrected chi connectivity index (χ4v) is 13.4. The second-order valence-electron chi connectivity index (χ2n) is 20.1. The minimum atomic E-state index is 0.871. The van der Waals surface area contributed by atoms with Gasteiger partial charge in [0.1, 0.15) is 11.0 Å². The standard InChI is InChI=1S/C68H38N6/c1-3-17-42(18-4-1)71-56-30-11-9-22-47(56)53-36-40(32-34-58(53)71)45-24-13-26-49-50-27-15-29-52-61-67(73(63(45)49)65(50)52)70-62-55-38-39-16-7-8-21-44(39)60-51-28-14-25-46(64(51)74(66(55)60)68(62)69-61)41-33-35-59-54(37-41)48-23-10-12-31-57(48)72(59)43-19-5-2-6-20-43/h1-38H. The summed E-state index contributed by atoms with van der Waals surface area (Å²) in [4.78, 5) is 11.7. The fourth-order valence-electron chi connectivity index (χ4n) is 13.4. The topological polar surface area (TPSA) is 44.5 Å². The van der Waals surface area contributed by atoms with Crippen LogP contribution in [0.3, 0.4) is 0 Å². The summed E-state index contributed by atoms with van der Waals surface area (Å²) in [5.74, 6) is 0. The molecule has 0 amide bonds. The van der Waals surface area contributed by atoms with Crippen molar-refractivity contribution in [3.63, 3.8) is 0 Å². The number of benzene rings is 11. The van der Waals surface area contributed by atoms with Crippen LogP contribution in [-0.2, 0) is 0 Å². The first-order chi connectivity index (χ1) is 36.7. The largest absolute Gasteiger partial charge is 0.309 e. The Labute approximate surface area is 421 Å². The molecule has 0 saturated carbocycles. The minimum Gasteiger partial charge on any atom is -0.309 e. The molecular formula is C68H38N6. The highest BCUT2D eigenvalue weighted by Gasteiger charge is 2.28. The molecule has 0 radical (unpaired) electrons. The van der Waals surface area contributed by atoms with Crippen molar-refractivity contribution in [2.75, 3.05) is 0 Å². The molecule has 0 fully saturated rings. The molecule has 6 nitrogen and oxygen atoms in total. The van der Waals surface area contributed by atoms with Crippen LogP contribution >= 0.6 is 0 Å². The minimum absolute atomic E-state index is 0.871. The SMILES string of the molecule is c1ccc(-n2c3ccccc3c3cc(-c4cccc5c6cccc7c8nc9c(nc8n(c45)c67)c4cc5ccccc5c5c6cccc(-c7ccc8c(c7)c7ccccc7n8-c7ccccc7)c6n9c45)ccc32)cc1. The van der Waals surface area contributed by atoms with E-state index in [0.717, 1.165) is 88.8 Å². The van der Waals surface area contributed by atoms with E-state index in [-0.39, 0.29) is 0 Å². The maximum Gasteiger partial charge on any atom is 0.165 e. The molecule has 0 bridgehead atoms. The average Bonchev–Trinajstić information content (AvgIpc) is 4.39. The molecule has 0 spiro atoms. The smallest absolute Gasteiger partial charge is 0.165 e. The summed E-state index contributed by atoms with van der Waals surface area (Å²) in [7, 11) is 0. The van der Waals surface area contributed by atoms with Crippen molar-refractivity contribution < 1.29 is 0 Å². The van der Waals surface area contributed by atoms with E-state index in [1.54, 1.807) is 0 Å². The van der Waals surface area contributed by atoms with Gasteiger partial charge in [-0.15, -0.1) is 0 Å². The van der Waals surface area contributed by atoms with Gasteiger partial charge in [-0.05, 0) is 88.6 Å². The van der Waals surface area contributed by atoms with Crippen molar-refractivity contribution in [3.8, 4) is 33.6 Å². The van der Waals surface area contributed by atoms with E-state index in [1.807, 2.05) is 0 Å².